The molecule has 0 aromatic heterocycles. The Morgan fingerprint density at radius 1 is 0.966 bits per heavy atom. The summed E-state index contributed by atoms with van der Waals surface area (Å²) in [6.45, 7) is 1.14. The lowest BCUT2D eigenvalue weighted by molar-refractivity contribution is -0.125. The Hall–Kier alpha value is -3.00. The smallest absolute Gasteiger partial charge is 0.338 e. The molecule has 1 atom stereocenters. The lowest BCUT2D eigenvalue weighted by Crippen LogP contribution is -2.48. The monoisotopic (exact) mass is 415 g/mol. The van der Waals surface area contributed by atoms with Gasteiger partial charge in [0.25, 0.3) is 5.91 Å². The van der Waals surface area contributed by atoms with Crippen molar-refractivity contribution < 1.29 is 27.5 Å². The summed E-state index contributed by atoms with van der Waals surface area (Å²) in [5.74, 6) is -1.53. The van der Waals surface area contributed by atoms with Gasteiger partial charge in [-0.25, -0.2) is 13.2 Å². The van der Waals surface area contributed by atoms with Gasteiger partial charge in [-0.2, -0.15) is 0 Å². The van der Waals surface area contributed by atoms with E-state index in [-0.39, 0.29) is 22.9 Å². The van der Waals surface area contributed by atoms with Gasteiger partial charge in [0, 0.05) is 11.1 Å². The van der Waals surface area contributed by atoms with E-state index in [9.17, 15) is 22.8 Å². The summed E-state index contributed by atoms with van der Waals surface area (Å²) in [6.07, 6.45) is 0.325. The molecule has 0 spiro atoms. The van der Waals surface area contributed by atoms with Crippen LogP contribution < -0.4 is 5.32 Å². The molecule has 0 saturated carbocycles. The van der Waals surface area contributed by atoms with Crippen molar-refractivity contribution >= 4 is 27.5 Å². The molecule has 8 heteroatoms. The normalized spacial score (nSPS) is 20.0. The molecule has 7 nitrogen and oxygen atoms in total. The number of rotatable bonds is 6. The number of ketones is 1. The van der Waals surface area contributed by atoms with E-state index in [0.717, 1.165) is 0 Å². The molecule has 0 bridgehead atoms. The maximum atomic E-state index is 12.4. The molecule has 152 valence electrons. The van der Waals surface area contributed by atoms with Crippen LogP contribution in [0.3, 0.4) is 0 Å². The van der Waals surface area contributed by atoms with Gasteiger partial charge in [0.15, 0.2) is 22.2 Å². The molecule has 1 aliphatic rings. The van der Waals surface area contributed by atoms with Gasteiger partial charge >= 0.3 is 5.97 Å². The molecule has 1 saturated heterocycles. The van der Waals surface area contributed by atoms with Crippen molar-refractivity contribution in [2.75, 3.05) is 18.1 Å². The summed E-state index contributed by atoms with van der Waals surface area (Å²) < 4.78 is 28.2. The number of ether oxygens (including phenoxy) is 1. The second kappa shape index (κ2) is 8.16. The van der Waals surface area contributed by atoms with Crippen molar-refractivity contribution in [3.8, 4) is 0 Å². The average Bonchev–Trinajstić information content (AvgIpc) is 2.98. The lowest BCUT2D eigenvalue weighted by Gasteiger charge is -2.23. The van der Waals surface area contributed by atoms with Crippen molar-refractivity contribution in [1.82, 2.24) is 5.32 Å². The molecular weight excluding hydrogens is 394 g/mol. The molecule has 2 aromatic rings. The summed E-state index contributed by atoms with van der Waals surface area (Å²) in [4.78, 5) is 36.5. The highest BCUT2D eigenvalue weighted by atomic mass is 32.2. The lowest BCUT2D eigenvalue weighted by atomic mass is 10.0. The first-order valence-corrected chi connectivity index (χ1v) is 10.9. The number of carbonyl (C=O) groups excluding carboxylic acids is 3. The van der Waals surface area contributed by atoms with Gasteiger partial charge in [-0.15, -0.1) is 0 Å². The minimum atomic E-state index is -3.16. The molecule has 3 rings (SSSR count). The van der Waals surface area contributed by atoms with Gasteiger partial charge < -0.3 is 10.1 Å². The second-order valence-electron chi connectivity index (χ2n) is 7.30. The highest BCUT2D eigenvalue weighted by molar-refractivity contribution is 7.91. The second-order valence-corrected chi connectivity index (χ2v) is 9.48. The first kappa shape index (κ1) is 20.7. The Labute approximate surface area is 169 Å². The standard InChI is InChI=1S/C21H21NO6S/c1-21(11-12-29(26,27)14-21)22-18(23)13-28-20(25)17-9-7-16(8-10-17)19(24)15-5-3-2-4-6-15/h2-10H,11-14H2,1H3,(H,22,23). The fourth-order valence-electron chi connectivity index (χ4n) is 3.21. The Balaban J connectivity index is 1.54. The van der Waals surface area contributed by atoms with Crippen molar-refractivity contribution in [2.24, 2.45) is 0 Å². The molecule has 0 aliphatic carbocycles. The van der Waals surface area contributed by atoms with E-state index in [1.807, 2.05) is 6.07 Å². The van der Waals surface area contributed by atoms with Gasteiger partial charge in [-0.3, -0.25) is 9.59 Å². The van der Waals surface area contributed by atoms with Crippen LogP contribution in [0.2, 0.25) is 0 Å². The van der Waals surface area contributed by atoms with E-state index in [1.165, 1.54) is 24.3 Å². The highest BCUT2D eigenvalue weighted by Crippen LogP contribution is 2.22. The van der Waals surface area contributed by atoms with Crippen LogP contribution in [-0.2, 0) is 19.4 Å². The largest absolute Gasteiger partial charge is 0.452 e. The molecule has 1 N–H and O–H groups in total. The number of sulfone groups is 1. The number of amides is 1. The predicted octanol–water partition coefficient (Wildman–Crippen LogP) is 1.77. The van der Waals surface area contributed by atoms with Crippen LogP contribution in [0.5, 0.6) is 0 Å². The average molecular weight is 415 g/mol. The van der Waals surface area contributed by atoms with Crippen LogP contribution in [0.1, 0.15) is 39.6 Å². The van der Waals surface area contributed by atoms with E-state index in [0.29, 0.717) is 17.5 Å². The summed E-state index contributed by atoms with van der Waals surface area (Å²) in [6, 6.07) is 14.7. The zero-order valence-electron chi connectivity index (χ0n) is 15.9. The molecule has 1 amide bonds. The number of hydrogen-bond donors (Lipinski definition) is 1. The summed E-state index contributed by atoms with van der Waals surface area (Å²) >= 11 is 0. The third-order valence-electron chi connectivity index (χ3n) is 4.70. The number of hydrogen-bond acceptors (Lipinski definition) is 6. The van der Waals surface area contributed by atoms with Crippen molar-refractivity contribution in [3.63, 3.8) is 0 Å². The maximum Gasteiger partial charge on any atom is 0.338 e. The molecule has 1 unspecified atom stereocenters. The predicted molar refractivity (Wildman–Crippen MR) is 106 cm³/mol. The van der Waals surface area contributed by atoms with Crippen LogP contribution in [0.4, 0.5) is 0 Å². The zero-order valence-corrected chi connectivity index (χ0v) is 16.7. The van der Waals surface area contributed by atoms with Gasteiger partial charge in [-0.1, -0.05) is 42.5 Å². The highest BCUT2D eigenvalue weighted by Gasteiger charge is 2.39. The molecule has 2 aromatic carbocycles. The van der Waals surface area contributed by atoms with Gasteiger partial charge in [0.1, 0.15) is 0 Å². The van der Waals surface area contributed by atoms with Crippen molar-refractivity contribution in [3.05, 3.63) is 71.3 Å². The third-order valence-corrected chi connectivity index (χ3v) is 6.60. The van der Waals surface area contributed by atoms with Gasteiger partial charge in [-0.05, 0) is 25.5 Å². The van der Waals surface area contributed by atoms with Gasteiger partial charge in [0.2, 0.25) is 0 Å². The fourth-order valence-corrected chi connectivity index (χ4v) is 5.30. The molecule has 1 heterocycles. The van der Waals surface area contributed by atoms with E-state index >= 15 is 0 Å². The first-order valence-electron chi connectivity index (χ1n) is 9.06. The molecular formula is C21H21NO6S. The minimum absolute atomic E-state index is 0.0254. The first-order chi connectivity index (χ1) is 13.7. The quantitative estimate of drug-likeness (QED) is 0.569. The van der Waals surface area contributed by atoms with Crippen LogP contribution in [0, 0.1) is 0 Å². The Morgan fingerprint density at radius 3 is 2.14 bits per heavy atom. The number of benzene rings is 2. The molecule has 0 radical (unpaired) electrons. The van der Waals surface area contributed by atoms with Crippen molar-refractivity contribution in [1.29, 1.82) is 0 Å². The maximum absolute atomic E-state index is 12.4. The third kappa shape index (κ3) is 5.29. The van der Waals surface area contributed by atoms with Crippen LogP contribution in [0.25, 0.3) is 0 Å². The molecule has 1 aliphatic heterocycles. The van der Waals surface area contributed by atoms with Crippen molar-refractivity contribution in [2.45, 2.75) is 18.9 Å². The van der Waals surface area contributed by atoms with E-state index in [1.54, 1.807) is 31.2 Å². The SMILES string of the molecule is CC1(NC(=O)COC(=O)c2ccc(C(=O)c3ccccc3)cc2)CCS(=O)(=O)C1. The topological polar surface area (TPSA) is 107 Å². The number of carbonyl (C=O) groups is 3. The minimum Gasteiger partial charge on any atom is -0.452 e. The van der Waals surface area contributed by atoms with E-state index in [2.05, 4.69) is 5.32 Å². The Bertz CT molecular complexity index is 1030. The van der Waals surface area contributed by atoms with Crippen LogP contribution in [-0.4, -0.2) is 49.7 Å². The Kier molecular flexibility index (Phi) is 5.83. The number of nitrogens with one attached hydrogen (secondary N) is 1. The fraction of sp³-hybridized carbons (Fsp3) is 0.286. The summed E-state index contributed by atoms with van der Waals surface area (Å²) in [5, 5.41) is 2.62. The van der Waals surface area contributed by atoms with Crippen LogP contribution in [0.15, 0.2) is 54.6 Å². The van der Waals surface area contributed by atoms with Gasteiger partial charge in [0.05, 0.1) is 22.6 Å². The molecule has 1 fully saturated rings. The summed E-state index contributed by atoms with van der Waals surface area (Å²) in [5.41, 5.74) is 0.335. The van der Waals surface area contributed by atoms with E-state index in [4.69, 9.17) is 4.74 Å². The summed E-state index contributed by atoms with van der Waals surface area (Å²) in [7, 11) is -3.16. The molecule has 29 heavy (non-hydrogen) atoms. The Morgan fingerprint density at radius 2 is 1.55 bits per heavy atom. The van der Waals surface area contributed by atoms with E-state index < -0.39 is 33.9 Å². The van der Waals surface area contributed by atoms with Crippen LogP contribution >= 0.6 is 0 Å². The zero-order chi connectivity index (χ0) is 21.1. The number of esters is 1.